The molecule has 4 aliphatic heterocycles. The second-order valence-electron chi connectivity index (χ2n) is 15.1. The fourth-order valence-electron chi connectivity index (χ4n) is 7.89. The van der Waals surface area contributed by atoms with Crippen LogP contribution in [-0.2, 0) is 33.3 Å². The molecule has 4 unspecified atom stereocenters. The van der Waals surface area contributed by atoms with Crippen LogP contribution < -0.4 is 0 Å². The van der Waals surface area contributed by atoms with Crippen molar-refractivity contribution in [3.05, 3.63) is 58.7 Å². The molecule has 0 aromatic carbocycles. The van der Waals surface area contributed by atoms with Gasteiger partial charge in [-0.05, 0) is 63.5 Å². The third kappa shape index (κ3) is 7.16. The number of carbonyl (C=O) groups excluding carboxylic acids is 2. The monoisotopic (exact) mass is 670 g/mol. The molecule has 48 heavy (non-hydrogen) atoms. The zero-order valence-corrected chi connectivity index (χ0v) is 29.5. The van der Waals surface area contributed by atoms with Gasteiger partial charge in [0.1, 0.15) is 42.0 Å². The van der Waals surface area contributed by atoms with Gasteiger partial charge in [-0.3, -0.25) is 4.79 Å². The molecule has 5 aliphatic rings. The van der Waals surface area contributed by atoms with Gasteiger partial charge in [-0.2, -0.15) is 0 Å². The average Bonchev–Trinajstić information content (AvgIpc) is 3.35. The van der Waals surface area contributed by atoms with Crippen molar-refractivity contribution in [1.82, 2.24) is 0 Å². The predicted molar refractivity (Wildman–Crippen MR) is 178 cm³/mol. The number of fused-ring (bicyclic) bond motifs is 2. The van der Waals surface area contributed by atoms with E-state index < -0.39 is 72.0 Å². The van der Waals surface area contributed by atoms with Crippen LogP contribution in [0.3, 0.4) is 0 Å². The van der Waals surface area contributed by atoms with E-state index in [2.05, 4.69) is 19.9 Å². The molecule has 3 fully saturated rings. The molecule has 1 aliphatic carbocycles. The van der Waals surface area contributed by atoms with E-state index >= 15 is 0 Å². The second-order valence-corrected chi connectivity index (χ2v) is 15.1. The summed E-state index contributed by atoms with van der Waals surface area (Å²) in [6.07, 6.45) is 6.61. The van der Waals surface area contributed by atoms with E-state index in [1.54, 1.807) is 26.0 Å². The van der Waals surface area contributed by atoms with Gasteiger partial charge in [0, 0.05) is 24.3 Å². The van der Waals surface area contributed by atoms with E-state index in [1.807, 2.05) is 45.9 Å². The lowest BCUT2D eigenvalue weighted by Gasteiger charge is -2.53. The van der Waals surface area contributed by atoms with E-state index in [1.165, 1.54) is 0 Å². The van der Waals surface area contributed by atoms with Gasteiger partial charge in [-0.1, -0.05) is 69.7 Å². The summed E-state index contributed by atoms with van der Waals surface area (Å²) in [4.78, 5) is 27.3. The van der Waals surface area contributed by atoms with Gasteiger partial charge in [0.2, 0.25) is 5.79 Å². The van der Waals surface area contributed by atoms with Crippen molar-refractivity contribution >= 4 is 11.9 Å². The van der Waals surface area contributed by atoms with Crippen LogP contribution in [0, 0.1) is 23.7 Å². The Labute approximate surface area is 284 Å². The van der Waals surface area contributed by atoms with Crippen LogP contribution in [0.15, 0.2) is 58.7 Å². The van der Waals surface area contributed by atoms with Crippen LogP contribution in [0.1, 0.15) is 81.1 Å². The fraction of sp³-hybridized carbons (Fsp3) is 0.684. The van der Waals surface area contributed by atoms with Gasteiger partial charge < -0.3 is 39.0 Å². The van der Waals surface area contributed by atoms with E-state index in [0.717, 1.165) is 12.0 Å². The van der Waals surface area contributed by atoms with Crippen LogP contribution in [-0.4, -0.2) is 88.0 Å². The molecule has 0 radical (unpaired) electrons. The number of rotatable bonds is 3. The Morgan fingerprint density at radius 1 is 1.12 bits per heavy atom. The maximum Gasteiger partial charge on any atom is 0.333 e. The summed E-state index contributed by atoms with van der Waals surface area (Å²) in [7, 11) is 0. The Morgan fingerprint density at radius 2 is 1.85 bits per heavy atom. The number of esters is 2. The number of aliphatic hydroxyl groups is 3. The molecular weight excluding hydrogens is 616 g/mol. The summed E-state index contributed by atoms with van der Waals surface area (Å²) in [5.41, 5.74) is 0.778. The van der Waals surface area contributed by atoms with Gasteiger partial charge in [0.15, 0.2) is 0 Å². The highest BCUT2D eigenvalue weighted by Crippen LogP contribution is 2.47. The molecule has 0 aromatic rings. The lowest BCUT2D eigenvalue weighted by atomic mass is 9.71. The molecule has 12 atom stereocenters. The molecule has 3 N–H and O–H groups in total. The van der Waals surface area contributed by atoms with Crippen LogP contribution in [0.5, 0.6) is 0 Å². The Bertz CT molecular complexity index is 1390. The number of hydrogen-bond acceptors (Lipinski definition) is 10. The van der Waals surface area contributed by atoms with Gasteiger partial charge in [-0.15, -0.1) is 0 Å². The lowest BCUT2D eigenvalue weighted by Crippen LogP contribution is -2.67. The Hall–Kier alpha value is -2.60. The maximum atomic E-state index is 14.1. The molecule has 266 valence electrons. The van der Waals surface area contributed by atoms with Crippen LogP contribution >= 0.6 is 0 Å². The van der Waals surface area contributed by atoms with E-state index in [9.17, 15) is 24.9 Å². The first-order valence-electron chi connectivity index (χ1n) is 17.4. The number of hydrogen-bond donors (Lipinski definition) is 3. The number of carbonyl (C=O) groups is 2. The molecule has 3 saturated heterocycles. The molecule has 10 nitrogen and oxygen atoms in total. The minimum Gasteiger partial charge on any atom is -0.462 e. The molecule has 1 spiro atoms. The zero-order valence-electron chi connectivity index (χ0n) is 29.5. The highest BCUT2D eigenvalue weighted by Gasteiger charge is 2.61. The van der Waals surface area contributed by atoms with Crippen molar-refractivity contribution in [3.63, 3.8) is 0 Å². The van der Waals surface area contributed by atoms with E-state index in [-0.39, 0.29) is 30.8 Å². The summed E-state index contributed by atoms with van der Waals surface area (Å²) in [5.74, 6) is -3.99. The molecule has 5 rings (SSSR count). The molecule has 0 saturated carbocycles. The summed E-state index contributed by atoms with van der Waals surface area (Å²) < 4.78 is 31.2. The summed E-state index contributed by atoms with van der Waals surface area (Å²) in [5, 5.41) is 35.1. The van der Waals surface area contributed by atoms with E-state index in [0.29, 0.717) is 29.6 Å². The third-order valence-corrected chi connectivity index (χ3v) is 10.6. The molecule has 0 amide bonds. The Morgan fingerprint density at radius 3 is 2.56 bits per heavy atom. The highest BCUT2D eigenvalue weighted by atomic mass is 16.7. The van der Waals surface area contributed by atoms with Crippen molar-refractivity contribution in [2.45, 2.75) is 135 Å². The second kappa shape index (κ2) is 14.3. The zero-order chi connectivity index (χ0) is 35.1. The Balaban J connectivity index is 1.51. The molecule has 0 aromatic heterocycles. The minimum absolute atomic E-state index is 0.0100. The van der Waals surface area contributed by atoms with Crippen LogP contribution in [0.4, 0.5) is 0 Å². The van der Waals surface area contributed by atoms with Gasteiger partial charge >= 0.3 is 11.9 Å². The first-order valence-corrected chi connectivity index (χ1v) is 17.4. The molecule has 10 heteroatoms. The highest BCUT2D eigenvalue weighted by molar-refractivity contribution is 5.88. The number of aliphatic hydroxyl groups excluding tert-OH is 2. The number of allylic oxidation sites excluding steroid dienone is 5. The molecule has 4 heterocycles. The van der Waals surface area contributed by atoms with Gasteiger partial charge in [-0.25, -0.2) is 4.79 Å². The first-order chi connectivity index (χ1) is 22.6. The Kier molecular flexibility index (Phi) is 10.9. The quantitative estimate of drug-likeness (QED) is 0.221. The average molecular weight is 671 g/mol. The minimum atomic E-state index is -1.82. The van der Waals surface area contributed by atoms with Gasteiger partial charge in [0.05, 0.1) is 18.8 Å². The van der Waals surface area contributed by atoms with Crippen molar-refractivity contribution in [2.75, 3.05) is 6.61 Å². The standard InChI is InChI=1S/C38H54O10/c1-20(2)14-24(6)35(41)46-32-25(7)26(8)47-37(33(32)40)18-29-17-28(48-37)13-12-22(4)15-21(3)10-9-11-27-19-44-34-31(39)23(5)16-30(36(42)45-29)38(27,34)43/h9-12,14,16,20-21,25-26,28-34,39-40,43H,13,15,17-19H2,1-8H3/b10-9+,22-12+,24-14+,27-11+/t21-,25+,26?,28+,29-,30-,31+,32?,33?,34?,37+,38+/m0/s1. The maximum absolute atomic E-state index is 14.1. The summed E-state index contributed by atoms with van der Waals surface area (Å²) >= 11 is 0. The summed E-state index contributed by atoms with van der Waals surface area (Å²) in [6.45, 7) is 15.3. The van der Waals surface area contributed by atoms with Gasteiger partial charge in [0.25, 0.3) is 0 Å². The largest absolute Gasteiger partial charge is 0.462 e. The van der Waals surface area contributed by atoms with Crippen molar-refractivity contribution in [2.24, 2.45) is 23.7 Å². The smallest absolute Gasteiger partial charge is 0.333 e. The van der Waals surface area contributed by atoms with Crippen LogP contribution in [0.2, 0.25) is 0 Å². The SMILES string of the molecule is CC1=C[C@H]2C(=O)O[C@H]3C[C@@H](C/C=C(\C)C[C@@H](C)/C=C/C=C4\COC([C@@H]1O)[C@@]42O)O[C@@]1(C3)OC(C)[C@@H](C)C(OC(=O)/C(C)=C/C(C)C)C1O. The van der Waals surface area contributed by atoms with E-state index in [4.69, 9.17) is 23.7 Å². The summed E-state index contributed by atoms with van der Waals surface area (Å²) in [6, 6.07) is 0. The first kappa shape index (κ1) is 36.7. The third-order valence-electron chi connectivity index (χ3n) is 10.6. The lowest BCUT2D eigenvalue weighted by molar-refractivity contribution is -0.382. The topological polar surface area (TPSA) is 141 Å². The van der Waals surface area contributed by atoms with Crippen molar-refractivity contribution < 1.29 is 48.6 Å². The van der Waals surface area contributed by atoms with Crippen molar-refractivity contribution in [3.8, 4) is 0 Å². The normalized spacial score (nSPS) is 45.3. The molecular formula is C38H54O10. The predicted octanol–water partition coefficient (Wildman–Crippen LogP) is 4.63. The van der Waals surface area contributed by atoms with Crippen LogP contribution in [0.25, 0.3) is 0 Å². The fourth-order valence-corrected chi connectivity index (χ4v) is 7.89. The number of ether oxygens (including phenoxy) is 5. The van der Waals surface area contributed by atoms with Crippen molar-refractivity contribution in [1.29, 1.82) is 0 Å². The molecule has 2 bridgehead atoms.